The van der Waals surface area contributed by atoms with E-state index in [2.05, 4.69) is 4.72 Å². The van der Waals surface area contributed by atoms with E-state index in [1.54, 1.807) is 6.07 Å². The third-order valence-corrected chi connectivity index (χ3v) is 7.78. The Bertz CT molecular complexity index is 1080. The second-order valence-electron chi connectivity index (χ2n) is 7.36. The summed E-state index contributed by atoms with van der Waals surface area (Å²) in [4.78, 5) is 15.8. The first-order valence-corrected chi connectivity index (χ1v) is 13.3. The van der Waals surface area contributed by atoms with Gasteiger partial charge in [0.2, 0.25) is 0 Å². The average molecular weight is 499 g/mol. The lowest BCUT2D eigenvalue weighted by molar-refractivity contribution is 0.0758. The predicted octanol–water partition coefficient (Wildman–Crippen LogP) is 4.90. The van der Waals surface area contributed by atoms with Crippen LogP contribution in [0.25, 0.3) is 0 Å². The molecule has 0 saturated carbocycles. The van der Waals surface area contributed by atoms with Crippen LogP contribution < -0.4 is 14.2 Å². The molecule has 0 unspecified atom stereocenters. The fourth-order valence-corrected chi connectivity index (χ4v) is 5.50. The second kappa shape index (κ2) is 10.7. The number of thioether (sulfide) groups is 1. The highest BCUT2D eigenvalue weighted by Gasteiger charge is 2.24. The zero-order valence-corrected chi connectivity index (χ0v) is 20.7. The van der Waals surface area contributed by atoms with Crippen molar-refractivity contribution in [2.24, 2.45) is 0 Å². The Hall–Kier alpha value is -2.10. The first-order valence-electron chi connectivity index (χ1n) is 10.2. The molecule has 2 aromatic carbocycles. The lowest BCUT2D eigenvalue weighted by atomic mass is 10.2. The van der Waals surface area contributed by atoms with Gasteiger partial charge in [-0.2, -0.15) is 0 Å². The molecule has 0 radical (unpaired) electrons. The van der Waals surface area contributed by atoms with Crippen LogP contribution in [0.2, 0.25) is 5.02 Å². The van der Waals surface area contributed by atoms with Crippen molar-refractivity contribution in [3.8, 4) is 11.5 Å². The Kier molecular flexibility index (Phi) is 8.19. The van der Waals surface area contributed by atoms with E-state index < -0.39 is 10.0 Å². The van der Waals surface area contributed by atoms with Gasteiger partial charge in [0.1, 0.15) is 11.5 Å². The quantitative estimate of drug-likeness (QED) is 0.547. The van der Waals surface area contributed by atoms with Crippen LogP contribution in [0.5, 0.6) is 11.5 Å². The zero-order valence-electron chi connectivity index (χ0n) is 18.3. The number of hydrogen-bond acceptors (Lipinski definition) is 6. The summed E-state index contributed by atoms with van der Waals surface area (Å²) in [5, 5.41) is 0.293. The molecule has 2 aromatic rings. The van der Waals surface area contributed by atoms with Gasteiger partial charge in [0.25, 0.3) is 15.9 Å². The Morgan fingerprint density at radius 3 is 2.28 bits per heavy atom. The maximum atomic E-state index is 13.2. The smallest absolute Gasteiger partial charge is 0.262 e. The molecule has 32 heavy (non-hydrogen) atoms. The Morgan fingerprint density at radius 1 is 1.03 bits per heavy atom. The van der Waals surface area contributed by atoms with Crippen LogP contribution in [0, 0.1) is 0 Å². The molecule has 1 saturated heterocycles. The number of amides is 1. The summed E-state index contributed by atoms with van der Waals surface area (Å²) in [5.74, 6) is 0.417. The van der Waals surface area contributed by atoms with Crippen molar-refractivity contribution >= 4 is 45.0 Å². The van der Waals surface area contributed by atoms with Gasteiger partial charge in [-0.05, 0) is 37.3 Å². The number of carbonyl (C=O) groups excluding carboxylic acids is 1. The van der Waals surface area contributed by atoms with Gasteiger partial charge in [0, 0.05) is 30.1 Å². The van der Waals surface area contributed by atoms with Crippen LogP contribution in [0.15, 0.2) is 40.1 Å². The molecule has 3 rings (SSSR count). The van der Waals surface area contributed by atoms with Gasteiger partial charge in [0.15, 0.2) is 0 Å². The Morgan fingerprint density at radius 2 is 1.69 bits per heavy atom. The number of nitrogens with one attached hydrogen (secondary N) is 1. The number of nitrogens with zero attached hydrogens (tertiary/aromatic N) is 1. The SMILES string of the molecule is COc1cc(NS(=O)(=O)c2ccc(SC)c(C(=O)N3CCCCCC3)c2)c(OC)cc1Cl. The number of methoxy groups -OCH3 is 2. The second-order valence-corrected chi connectivity index (χ2v) is 10.3. The van der Waals surface area contributed by atoms with Crippen molar-refractivity contribution < 1.29 is 22.7 Å². The van der Waals surface area contributed by atoms with E-state index >= 15 is 0 Å². The molecule has 0 aromatic heterocycles. The van der Waals surface area contributed by atoms with E-state index in [-0.39, 0.29) is 22.2 Å². The minimum atomic E-state index is -4.01. The largest absolute Gasteiger partial charge is 0.495 e. The molecule has 0 bridgehead atoms. The van der Waals surface area contributed by atoms with Crippen LogP contribution in [0.3, 0.4) is 0 Å². The molecule has 1 heterocycles. The van der Waals surface area contributed by atoms with Crippen LogP contribution in [0.4, 0.5) is 5.69 Å². The van der Waals surface area contributed by atoms with Gasteiger partial charge in [-0.25, -0.2) is 8.42 Å². The van der Waals surface area contributed by atoms with Crippen molar-refractivity contribution in [1.82, 2.24) is 4.90 Å². The summed E-state index contributed by atoms with van der Waals surface area (Å²) in [6.45, 7) is 1.37. The number of sulfonamides is 1. The topological polar surface area (TPSA) is 84.9 Å². The highest BCUT2D eigenvalue weighted by molar-refractivity contribution is 7.98. The number of rotatable bonds is 7. The summed E-state index contributed by atoms with van der Waals surface area (Å²) < 4.78 is 39.4. The predicted molar refractivity (Wildman–Crippen MR) is 128 cm³/mol. The lowest BCUT2D eigenvalue weighted by Gasteiger charge is -2.22. The third kappa shape index (κ3) is 5.44. The van der Waals surface area contributed by atoms with Gasteiger partial charge in [-0.3, -0.25) is 9.52 Å². The Labute approximate surface area is 198 Å². The van der Waals surface area contributed by atoms with Crippen LogP contribution in [-0.2, 0) is 10.0 Å². The van der Waals surface area contributed by atoms with Gasteiger partial charge >= 0.3 is 0 Å². The summed E-state index contributed by atoms with van der Waals surface area (Å²) in [6, 6.07) is 7.54. The minimum absolute atomic E-state index is 0.00978. The van der Waals surface area contributed by atoms with E-state index in [0.29, 0.717) is 29.4 Å². The maximum absolute atomic E-state index is 13.2. The summed E-state index contributed by atoms with van der Waals surface area (Å²) in [5.41, 5.74) is 0.575. The highest BCUT2D eigenvalue weighted by atomic mass is 35.5. The first kappa shape index (κ1) is 24.5. The zero-order chi connectivity index (χ0) is 23.3. The van der Waals surface area contributed by atoms with Crippen LogP contribution >= 0.6 is 23.4 Å². The number of anilines is 1. The standard InChI is InChI=1S/C22H27ClN2O5S2/c1-29-19-14-18(20(30-2)13-17(19)23)24-32(27,28)15-8-9-21(31-3)16(12-15)22(26)25-10-6-4-5-7-11-25/h8-9,12-14,24H,4-7,10-11H2,1-3H3. The third-order valence-electron chi connectivity index (χ3n) is 5.32. The molecule has 1 amide bonds. The first-order chi connectivity index (χ1) is 15.3. The number of likely N-dealkylation sites (tertiary alicyclic amines) is 1. The number of carbonyl (C=O) groups is 1. The highest BCUT2D eigenvalue weighted by Crippen LogP contribution is 2.37. The average Bonchev–Trinajstić information content (AvgIpc) is 3.08. The van der Waals surface area contributed by atoms with Crippen molar-refractivity contribution in [2.75, 3.05) is 38.3 Å². The monoisotopic (exact) mass is 498 g/mol. The molecule has 0 spiro atoms. The summed E-state index contributed by atoms with van der Waals surface area (Å²) in [6.07, 6.45) is 5.98. The summed E-state index contributed by atoms with van der Waals surface area (Å²) >= 11 is 7.53. The molecule has 0 aliphatic carbocycles. The number of benzene rings is 2. The molecule has 1 fully saturated rings. The van der Waals surface area contributed by atoms with Crippen LogP contribution in [0.1, 0.15) is 36.0 Å². The van der Waals surface area contributed by atoms with Crippen molar-refractivity contribution in [2.45, 2.75) is 35.5 Å². The van der Waals surface area contributed by atoms with Gasteiger partial charge < -0.3 is 14.4 Å². The fraction of sp³-hybridized carbons (Fsp3) is 0.409. The van der Waals surface area contributed by atoms with E-state index in [1.165, 1.54) is 50.2 Å². The van der Waals surface area contributed by atoms with E-state index in [9.17, 15) is 13.2 Å². The molecule has 174 valence electrons. The number of ether oxygens (including phenoxy) is 2. The molecule has 1 N–H and O–H groups in total. The lowest BCUT2D eigenvalue weighted by Crippen LogP contribution is -2.32. The molecule has 7 nitrogen and oxygen atoms in total. The molecule has 1 aliphatic rings. The normalized spacial score (nSPS) is 14.6. The molecule has 1 aliphatic heterocycles. The van der Waals surface area contributed by atoms with Crippen molar-refractivity contribution in [3.05, 3.63) is 40.9 Å². The van der Waals surface area contributed by atoms with Crippen molar-refractivity contribution in [3.63, 3.8) is 0 Å². The van der Waals surface area contributed by atoms with Gasteiger partial charge in [-0.15, -0.1) is 11.8 Å². The molecule has 0 atom stereocenters. The number of halogens is 1. The van der Waals surface area contributed by atoms with Gasteiger partial charge in [0.05, 0.1) is 35.4 Å². The van der Waals surface area contributed by atoms with E-state index in [4.69, 9.17) is 21.1 Å². The van der Waals surface area contributed by atoms with Crippen LogP contribution in [-0.4, -0.2) is 52.8 Å². The number of hydrogen-bond donors (Lipinski definition) is 1. The summed E-state index contributed by atoms with van der Waals surface area (Å²) in [7, 11) is -1.16. The molecule has 10 heteroatoms. The Balaban J connectivity index is 1.97. The van der Waals surface area contributed by atoms with Gasteiger partial charge in [-0.1, -0.05) is 24.4 Å². The van der Waals surface area contributed by atoms with Crippen molar-refractivity contribution in [1.29, 1.82) is 0 Å². The molecular formula is C22H27ClN2O5S2. The van der Waals surface area contributed by atoms with E-state index in [1.807, 2.05) is 11.2 Å². The fourth-order valence-electron chi connectivity index (χ4n) is 3.61. The maximum Gasteiger partial charge on any atom is 0.262 e. The molecular weight excluding hydrogens is 472 g/mol. The minimum Gasteiger partial charge on any atom is -0.495 e. The van der Waals surface area contributed by atoms with E-state index in [0.717, 1.165) is 30.6 Å².